The lowest BCUT2D eigenvalue weighted by Gasteiger charge is -2.22. The average Bonchev–Trinajstić information content (AvgIpc) is 1.64. The molecule has 18 nitrogen and oxygen atoms in total. The highest BCUT2D eigenvalue weighted by Gasteiger charge is 2.40. The van der Waals surface area contributed by atoms with E-state index in [1.807, 2.05) is 61.5 Å². The van der Waals surface area contributed by atoms with Crippen molar-refractivity contribution in [2.45, 2.75) is 96.2 Å². The third-order valence-corrected chi connectivity index (χ3v) is 19.2. The Labute approximate surface area is 587 Å². The summed E-state index contributed by atoms with van der Waals surface area (Å²) >= 11 is 0. The lowest BCUT2D eigenvalue weighted by molar-refractivity contribution is -0.122. The summed E-state index contributed by atoms with van der Waals surface area (Å²) in [6.45, 7) is 7.50. The molecule has 3 aromatic heterocycles. The smallest absolute Gasteiger partial charge is 0.221 e. The van der Waals surface area contributed by atoms with Crippen molar-refractivity contribution in [2.75, 3.05) is 42.7 Å². The monoisotopic (exact) mass is 1370 g/mol. The van der Waals surface area contributed by atoms with E-state index in [-0.39, 0.29) is 95.0 Å². The number of nitrogens with one attached hydrogen (secondary N) is 3. The predicted molar refractivity (Wildman–Crippen MR) is 382 cm³/mol. The first kappa shape index (κ1) is 72.5. The first-order chi connectivity index (χ1) is 48.8. The van der Waals surface area contributed by atoms with Crippen LogP contribution in [-0.2, 0) is 46.9 Å². The van der Waals surface area contributed by atoms with Crippen molar-refractivity contribution in [1.29, 1.82) is 0 Å². The number of phenolic OH excluding ortho intramolecular Hbond substituents is 3. The van der Waals surface area contributed by atoms with Gasteiger partial charge >= 0.3 is 0 Å². The van der Waals surface area contributed by atoms with Gasteiger partial charge in [-0.1, -0.05) is 80.1 Å². The van der Waals surface area contributed by atoms with Crippen LogP contribution in [0.5, 0.6) is 51.7 Å². The number of aromatic nitrogens is 3. The lowest BCUT2D eigenvalue weighted by atomic mass is 9.83. The van der Waals surface area contributed by atoms with Crippen LogP contribution >= 0.6 is 0 Å². The Balaban J connectivity index is 0.000000163. The maximum absolute atomic E-state index is 14.2. The van der Waals surface area contributed by atoms with Crippen molar-refractivity contribution >= 4 is 34.9 Å². The number of halogens is 2. The SMILES string of the molecule is COc1cc(/C=C2\c3ccccc3C(CC(=O)NCc3cccnc3)C2C)cc(OC)c1O.COc1cc(CC2=C(C)C(CC(=O)NCc3cccnc3)c3cc(F)ccc32)cc(OC)c1O.COc1cc(CC2c3ccc(F)cc3C(CC(=O)NCc3cccnc3)C2C)cc(OC)c1O. The van der Waals surface area contributed by atoms with Crippen LogP contribution in [0.2, 0.25) is 0 Å². The van der Waals surface area contributed by atoms with E-state index in [1.165, 1.54) is 66.4 Å². The lowest BCUT2D eigenvalue weighted by Crippen LogP contribution is -2.26. The minimum Gasteiger partial charge on any atom is -0.502 e. The molecule has 3 aliphatic carbocycles. The van der Waals surface area contributed by atoms with E-state index >= 15 is 0 Å². The van der Waals surface area contributed by atoms with Crippen LogP contribution in [0.15, 0.2) is 176 Å². The number of fused-ring (bicyclic) bond motifs is 3. The number of benzene rings is 6. The highest BCUT2D eigenvalue weighted by atomic mass is 19.1. The van der Waals surface area contributed by atoms with E-state index in [1.54, 1.807) is 85.7 Å². The summed E-state index contributed by atoms with van der Waals surface area (Å²) in [4.78, 5) is 50.6. The molecule has 6 N–H and O–H groups in total. The number of carbonyl (C=O) groups is 3. The summed E-state index contributed by atoms with van der Waals surface area (Å²) in [7, 11) is 8.98. The van der Waals surface area contributed by atoms with E-state index in [4.69, 9.17) is 28.4 Å². The van der Waals surface area contributed by atoms with Gasteiger partial charge in [-0.25, -0.2) is 8.78 Å². The Morgan fingerprint density at radius 2 is 0.911 bits per heavy atom. The number of rotatable bonds is 23. The Hall–Kier alpha value is -11.3. The number of pyridine rings is 3. The summed E-state index contributed by atoms with van der Waals surface area (Å²) in [6.07, 6.45) is 14.4. The molecule has 6 aromatic carbocycles. The molecule has 3 heterocycles. The molecule has 6 atom stereocenters. The first-order valence-corrected chi connectivity index (χ1v) is 33.2. The Morgan fingerprint density at radius 3 is 1.40 bits per heavy atom. The standard InChI is InChI=1S/C27H29FN2O4.C27H27FN2O4.C27H28N2O4/c2*1-16-21(9-18-10-24(33-2)27(32)25(11-18)34-3)20-7-6-19(28)12-23(20)22(16)13-26(31)30-15-17-5-4-8-29-14-17;1-17-22(11-19-12-24(32-2)27(31)25(13-19)33-3)20-8-4-5-9-21(20)23(17)14-26(30)29-16-18-7-6-10-28-15-18/h4-8,10-12,14,16,21-22,32H,9,13,15H2,1-3H3,(H,30,31);4-8,10-12,14,22,32H,9,13,15H2,1-3H3,(H,30,31);4-13,15,17,23,31H,14,16H2,1-3H3,(H,29,30)/b;;22-11-. The first-order valence-electron chi connectivity index (χ1n) is 33.2. The summed E-state index contributed by atoms with van der Waals surface area (Å²) in [5.74, 6) is 1.13. The van der Waals surface area contributed by atoms with E-state index < -0.39 is 0 Å². The summed E-state index contributed by atoms with van der Waals surface area (Å²) in [5.41, 5.74) is 14.6. The van der Waals surface area contributed by atoms with Crippen molar-refractivity contribution in [3.63, 3.8) is 0 Å². The van der Waals surface area contributed by atoms with Gasteiger partial charge in [0.05, 0.1) is 42.7 Å². The quantitative estimate of drug-likeness (QED) is 0.0349. The van der Waals surface area contributed by atoms with Gasteiger partial charge in [-0.15, -0.1) is 0 Å². The molecule has 101 heavy (non-hydrogen) atoms. The number of carbonyl (C=O) groups excluding carboxylic acids is 3. The number of allylic oxidation sites excluding steroid dienone is 3. The fourth-order valence-electron chi connectivity index (χ4n) is 13.9. The van der Waals surface area contributed by atoms with E-state index in [2.05, 4.69) is 63.0 Å². The van der Waals surface area contributed by atoms with Crippen molar-refractivity contribution in [3.8, 4) is 51.7 Å². The van der Waals surface area contributed by atoms with Gasteiger partial charge < -0.3 is 59.7 Å². The highest BCUT2D eigenvalue weighted by Crippen LogP contribution is 2.52. The Kier molecular flexibility index (Phi) is 24.0. The minimum absolute atomic E-state index is 0.0136. The van der Waals surface area contributed by atoms with Crippen LogP contribution in [0, 0.1) is 23.5 Å². The number of phenols is 3. The Bertz CT molecular complexity index is 4400. The average molecular weight is 1370 g/mol. The number of methoxy groups -OCH3 is 6. The molecule has 524 valence electrons. The van der Waals surface area contributed by atoms with Gasteiger partial charge in [0, 0.05) is 82.0 Å². The predicted octanol–water partition coefficient (Wildman–Crippen LogP) is 14.3. The molecule has 6 unspecified atom stereocenters. The van der Waals surface area contributed by atoms with Crippen molar-refractivity contribution in [2.24, 2.45) is 11.8 Å². The maximum atomic E-state index is 14.2. The summed E-state index contributed by atoms with van der Waals surface area (Å²) in [5, 5.41) is 39.6. The zero-order chi connectivity index (χ0) is 71.9. The van der Waals surface area contributed by atoms with Crippen LogP contribution in [0.25, 0.3) is 17.2 Å². The van der Waals surface area contributed by atoms with E-state index in [0.29, 0.717) is 73.4 Å². The topological polar surface area (TPSA) is 242 Å². The summed E-state index contributed by atoms with van der Waals surface area (Å²) in [6, 6.07) is 39.8. The van der Waals surface area contributed by atoms with Gasteiger partial charge in [-0.05, 0) is 206 Å². The second kappa shape index (κ2) is 33.5. The molecule has 0 saturated heterocycles. The van der Waals surface area contributed by atoms with Gasteiger partial charge in [0.15, 0.2) is 34.5 Å². The number of hydrogen-bond donors (Lipinski definition) is 6. The molecular weight excluding hydrogens is 1290 g/mol. The Morgan fingerprint density at radius 1 is 0.465 bits per heavy atom. The largest absolute Gasteiger partial charge is 0.502 e. The molecule has 0 spiro atoms. The number of ether oxygens (including phenoxy) is 6. The van der Waals surface area contributed by atoms with Crippen LogP contribution in [0.1, 0.15) is 130 Å². The van der Waals surface area contributed by atoms with Crippen LogP contribution in [0.3, 0.4) is 0 Å². The third kappa shape index (κ3) is 17.2. The van der Waals surface area contributed by atoms with Gasteiger partial charge in [0.25, 0.3) is 0 Å². The molecule has 3 aliphatic rings. The molecule has 0 bridgehead atoms. The zero-order valence-electron chi connectivity index (χ0n) is 58.0. The minimum atomic E-state index is -0.332. The molecule has 12 rings (SSSR count). The number of hydrogen-bond acceptors (Lipinski definition) is 15. The second-order valence-electron chi connectivity index (χ2n) is 25.3. The van der Waals surface area contributed by atoms with Crippen molar-refractivity contribution in [1.82, 2.24) is 30.9 Å². The summed E-state index contributed by atoms with van der Waals surface area (Å²) < 4.78 is 60.2. The van der Waals surface area contributed by atoms with E-state index in [9.17, 15) is 38.5 Å². The number of aromatic hydroxyl groups is 3. The number of amides is 3. The van der Waals surface area contributed by atoms with Gasteiger partial charge in [-0.2, -0.15) is 0 Å². The molecular formula is C81H84F2N6O12. The van der Waals surface area contributed by atoms with Gasteiger partial charge in [0.1, 0.15) is 11.6 Å². The van der Waals surface area contributed by atoms with Gasteiger partial charge in [-0.3, -0.25) is 29.3 Å². The van der Waals surface area contributed by atoms with Crippen LogP contribution in [-0.4, -0.2) is 90.7 Å². The fourth-order valence-corrected chi connectivity index (χ4v) is 13.9. The number of nitrogens with zero attached hydrogens (tertiary/aromatic N) is 3. The second-order valence-corrected chi connectivity index (χ2v) is 25.3. The molecule has 0 saturated carbocycles. The normalized spacial score (nSPS) is 17.2. The van der Waals surface area contributed by atoms with Crippen molar-refractivity contribution in [3.05, 3.63) is 255 Å². The molecule has 0 fully saturated rings. The van der Waals surface area contributed by atoms with E-state index in [0.717, 1.165) is 77.9 Å². The molecule has 20 heteroatoms. The van der Waals surface area contributed by atoms with Crippen LogP contribution in [0.4, 0.5) is 8.78 Å². The zero-order valence-corrected chi connectivity index (χ0v) is 58.0. The third-order valence-electron chi connectivity index (χ3n) is 19.2. The maximum Gasteiger partial charge on any atom is 0.221 e. The van der Waals surface area contributed by atoms with Crippen LogP contribution < -0.4 is 44.4 Å². The fraction of sp³-hybridized carbons (Fsp3) is 0.284. The molecule has 0 radical (unpaired) electrons. The van der Waals surface area contributed by atoms with Crippen molar-refractivity contribution < 1.29 is 66.9 Å². The highest BCUT2D eigenvalue weighted by molar-refractivity contribution is 5.90. The van der Waals surface area contributed by atoms with Gasteiger partial charge in [0.2, 0.25) is 35.0 Å². The molecule has 3 amide bonds. The molecule has 0 aliphatic heterocycles. The molecule has 9 aromatic rings.